The first-order valence-corrected chi connectivity index (χ1v) is 8.07. The smallest absolute Gasteiger partial charge is 0.289 e. The summed E-state index contributed by atoms with van der Waals surface area (Å²) in [5, 5.41) is 0.953. The van der Waals surface area contributed by atoms with Gasteiger partial charge in [0.25, 0.3) is 5.91 Å². The summed E-state index contributed by atoms with van der Waals surface area (Å²) in [5.41, 5.74) is 1.65. The van der Waals surface area contributed by atoms with Crippen LogP contribution in [0.25, 0.3) is 11.0 Å². The number of likely N-dealkylation sites (tertiary alicyclic amines) is 1. The molecule has 1 aromatic heterocycles. The molecule has 1 aliphatic rings. The lowest BCUT2D eigenvalue weighted by atomic mass is 10.1. The van der Waals surface area contributed by atoms with Gasteiger partial charge in [0.1, 0.15) is 11.3 Å². The zero-order valence-electron chi connectivity index (χ0n) is 13.4. The molecule has 1 aliphatic heterocycles. The number of nitrogens with zero attached hydrogens (tertiary/aromatic N) is 1. The molecule has 4 heteroatoms. The van der Waals surface area contributed by atoms with Crippen molar-refractivity contribution in [3.05, 3.63) is 29.5 Å². The first kappa shape index (κ1) is 14.9. The molecule has 1 fully saturated rings. The van der Waals surface area contributed by atoms with Gasteiger partial charge in [-0.1, -0.05) is 19.3 Å². The van der Waals surface area contributed by atoms with Crippen molar-refractivity contribution in [1.29, 1.82) is 0 Å². The Morgan fingerprint density at radius 1 is 1.14 bits per heavy atom. The lowest BCUT2D eigenvalue weighted by Gasteiger charge is -2.24. The van der Waals surface area contributed by atoms with Gasteiger partial charge in [-0.05, 0) is 38.0 Å². The van der Waals surface area contributed by atoms with Gasteiger partial charge < -0.3 is 14.1 Å². The Bertz CT molecular complexity index is 666. The fourth-order valence-electron chi connectivity index (χ4n) is 3.13. The molecular weight excluding hydrogens is 278 g/mol. The van der Waals surface area contributed by atoms with Crippen LogP contribution in [-0.4, -0.2) is 31.0 Å². The van der Waals surface area contributed by atoms with Gasteiger partial charge in [-0.25, -0.2) is 0 Å². The number of methoxy groups -OCH3 is 1. The minimum atomic E-state index is 0.0227. The highest BCUT2D eigenvalue weighted by Gasteiger charge is 2.23. The zero-order valence-corrected chi connectivity index (χ0v) is 13.4. The van der Waals surface area contributed by atoms with Crippen LogP contribution in [0.1, 0.15) is 48.2 Å². The molecule has 118 valence electrons. The van der Waals surface area contributed by atoms with Gasteiger partial charge in [-0.15, -0.1) is 0 Å². The molecule has 1 aromatic carbocycles. The summed E-state index contributed by atoms with van der Waals surface area (Å²) in [7, 11) is 1.64. The topological polar surface area (TPSA) is 42.7 Å². The largest absolute Gasteiger partial charge is 0.497 e. The van der Waals surface area contributed by atoms with E-state index in [0.29, 0.717) is 5.76 Å². The first-order valence-electron chi connectivity index (χ1n) is 8.07. The number of fused-ring (bicyclic) bond motifs is 1. The number of furan rings is 1. The van der Waals surface area contributed by atoms with Gasteiger partial charge in [0.05, 0.1) is 7.11 Å². The van der Waals surface area contributed by atoms with Gasteiger partial charge in [-0.2, -0.15) is 0 Å². The van der Waals surface area contributed by atoms with Crippen LogP contribution >= 0.6 is 0 Å². The summed E-state index contributed by atoms with van der Waals surface area (Å²) in [4.78, 5) is 14.8. The maximum Gasteiger partial charge on any atom is 0.289 e. The molecule has 0 radical (unpaired) electrons. The van der Waals surface area contributed by atoms with Gasteiger partial charge in [0.2, 0.25) is 0 Å². The molecule has 1 amide bonds. The van der Waals surface area contributed by atoms with E-state index >= 15 is 0 Å². The fourth-order valence-corrected chi connectivity index (χ4v) is 3.13. The highest BCUT2D eigenvalue weighted by Crippen LogP contribution is 2.29. The van der Waals surface area contributed by atoms with E-state index < -0.39 is 0 Å². The van der Waals surface area contributed by atoms with E-state index in [9.17, 15) is 4.79 Å². The van der Waals surface area contributed by atoms with Crippen molar-refractivity contribution in [2.75, 3.05) is 20.2 Å². The quantitative estimate of drug-likeness (QED) is 0.836. The minimum Gasteiger partial charge on any atom is -0.497 e. The maximum atomic E-state index is 12.8. The Labute approximate surface area is 131 Å². The zero-order chi connectivity index (χ0) is 15.5. The molecule has 0 saturated carbocycles. The number of hydrogen-bond acceptors (Lipinski definition) is 3. The highest BCUT2D eigenvalue weighted by atomic mass is 16.5. The Balaban J connectivity index is 1.91. The monoisotopic (exact) mass is 301 g/mol. The number of benzene rings is 1. The van der Waals surface area contributed by atoms with E-state index in [2.05, 4.69) is 0 Å². The molecule has 4 nitrogen and oxygen atoms in total. The van der Waals surface area contributed by atoms with Crippen LogP contribution < -0.4 is 4.74 Å². The Hall–Kier alpha value is -1.97. The van der Waals surface area contributed by atoms with Crippen molar-refractivity contribution < 1.29 is 13.9 Å². The molecule has 2 heterocycles. The molecule has 22 heavy (non-hydrogen) atoms. The number of carbonyl (C=O) groups is 1. The predicted octanol–water partition coefficient (Wildman–Crippen LogP) is 4.16. The fraction of sp³-hybridized carbons (Fsp3) is 0.500. The summed E-state index contributed by atoms with van der Waals surface area (Å²) in [6, 6.07) is 5.65. The van der Waals surface area contributed by atoms with Crippen LogP contribution in [0.2, 0.25) is 0 Å². The van der Waals surface area contributed by atoms with E-state index in [1.54, 1.807) is 7.11 Å². The van der Waals surface area contributed by atoms with E-state index in [1.807, 2.05) is 30.0 Å². The molecule has 3 rings (SSSR count). The number of carbonyl (C=O) groups excluding carboxylic acids is 1. The third-order valence-electron chi connectivity index (χ3n) is 4.48. The van der Waals surface area contributed by atoms with Crippen LogP contribution in [-0.2, 0) is 0 Å². The van der Waals surface area contributed by atoms with Crippen LogP contribution in [0.5, 0.6) is 5.75 Å². The second-order valence-electron chi connectivity index (χ2n) is 5.98. The van der Waals surface area contributed by atoms with E-state index in [4.69, 9.17) is 9.15 Å². The van der Waals surface area contributed by atoms with E-state index in [0.717, 1.165) is 48.2 Å². The molecule has 2 aromatic rings. The van der Waals surface area contributed by atoms with Gasteiger partial charge >= 0.3 is 0 Å². The summed E-state index contributed by atoms with van der Waals surface area (Å²) in [5.74, 6) is 1.28. The van der Waals surface area contributed by atoms with Crippen molar-refractivity contribution in [3.8, 4) is 5.75 Å². The molecule has 0 bridgehead atoms. The van der Waals surface area contributed by atoms with Gasteiger partial charge in [0.15, 0.2) is 5.76 Å². The maximum absolute atomic E-state index is 12.8. The molecule has 0 atom stereocenters. The first-order chi connectivity index (χ1) is 10.7. The molecule has 0 aliphatic carbocycles. The van der Waals surface area contributed by atoms with Crippen molar-refractivity contribution in [3.63, 3.8) is 0 Å². The lowest BCUT2D eigenvalue weighted by molar-refractivity contribution is 0.0711. The number of hydrogen-bond donors (Lipinski definition) is 0. The van der Waals surface area contributed by atoms with Crippen molar-refractivity contribution in [2.24, 2.45) is 0 Å². The highest BCUT2D eigenvalue weighted by molar-refractivity contribution is 5.99. The van der Waals surface area contributed by atoms with Crippen molar-refractivity contribution in [2.45, 2.75) is 39.0 Å². The third kappa shape index (κ3) is 2.82. The van der Waals surface area contributed by atoms with E-state index in [1.165, 1.54) is 19.3 Å². The molecule has 1 saturated heterocycles. The summed E-state index contributed by atoms with van der Waals surface area (Å²) >= 11 is 0. The molecular formula is C18H23NO3. The van der Waals surface area contributed by atoms with Crippen LogP contribution in [0.15, 0.2) is 22.6 Å². The van der Waals surface area contributed by atoms with Crippen molar-refractivity contribution in [1.82, 2.24) is 4.90 Å². The Morgan fingerprint density at radius 3 is 2.50 bits per heavy atom. The Kier molecular flexibility index (Phi) is 4.36. The van der Waals surface area contributed by atoms with Crippen LogP contribution in [0, 0.1) is 6.92 Å². The third-order valence-corrected chi connectivity index (χ3v) is 4.48. The van der Waals surface area contributed by atoms with Crippen LogP contribution in [0.3, 0.4) is 0 Å². The Morgan fingerprint density at radius 2 is 1.82 bits per heavy atom. The number of ether oxygens (including phenoxy) is 1. The van der Waals surface area contributed by atoms with E-state index in [-0.39, 0.29) is 5.91 Å². The normalized spacial score (nSPS) is 16.4. The number of rotatable bonds is 2. The summed E-state index contributed by atoms with van der Waals surface area (Å²) < 4.78 is 11.1. The minimum absolute atomic E-state index is 0.0227. The van der Waals surface area contributed by atoms with Crippen molar-refractivity contribution >= 4 is 16.9 Å². The molecule has 0 unspecified atom stereocenters. The average Bonchev–Trinajstić information content (AvgIpc) is 2.83. The second-order valence-corrected chi connectivity index (χ2v) is 5.98. The predicted molar refractivity (Wildman–Crippen MR) is 86.5 cm³/mol. The number of aryl methyl sites for hydroxylation is 1. The molecule has 0 N–H and O–H groups in total. The van der Waals surface area contributed by atoms with Gasteiger partial charge in [-0.3, -0.25) is 4.79 Å². The second kappa shape index (κ2) is 6.42. The van der Waals surface area contributed by atoms with Gasteiger partial charge in [0, 0.05) is 24.0 Å². The van der Waals surface area contributed by atoms with Crippen LogP contribution in [0.4, 0.5) is 0 Å². The SMILES string of the molecule is COc1ccc2oc(C(=O)N3CCCCCCC3)c(C)c2c1. The lowest BCUT2D eigenvalue weighted by Crippen LogP contribution is -2.33. The summed E-state index contributed by atoms with van der Waals surface area (Å²) in [6.45, 7) is 3.61. The summed E-state index contributed by atoms with van der Waals surface area (Å²) in [6.07, 6.45) is 5.86. The average molecular weight is 301 g/mol. The number of amides is 1. The standard InChI is InChI=1S/C18H23NO3/c1-13-15-12-14(21-2)8-9-16(15)22-17(13)18(20)19-10-6-4-3-5-7-11-19/h8-9,12H,3-7,10-11H2,1-2H3. The molecule has 0 spiro atoms.